The summed E-state index contributed by atoms with van der Waals surface area (Å²) in [5, 5.41) is 0. The first-order valence-corrected chi connectivity index (χ1v) is 8.79. The number of anilines is 2. The van der Waals surface area contributed by atoms with Gasteiger partial charge in [-0.3, -0.25) is 9.97 Å². The van der Waals surface area contributed by atoms with Crippen LogP contribution in [0.5, 0.6) is 0 Å². The Morgan fingerprint density at radius 1 is 0.577 bits per heavy atom. The van der Waals surface area contributed by atoms with Crippen molar-refractivity contribution in [2.75, 3.05) is 4.90 Å². The minimum Gasteiger partial charge on any atom is -0.328 e. The van der Waals surface area contributed by atoms with E-state index in [0.717, 1.165) is 0 Å². The molecule has 0 fully saturated rings. The van der Waals surface area contributed by atoms with Crippen LogP contribution < -0.4 is 4.90 Å². The second kappa shape index (κ2) is 5.02. The maximum Gasteiger partial charge on any atom is 0.0887 e. The Kier molecular flexibility index (Phi) is 2.66. The zero-order valence-electron chi connectivity index (χ0n) is 14.0. The van der Waals surface area contributed by atoms with Gasteiger partial charge in [-0.1, -0.05) is 36.4 Å². The van der Waals surface area contributed by atoms with Gasteiger partial charge in [0.2, 0.25) is 0 Å². The van der Waals surface area contributed by atoms with E-state index in [0.29, 0.717) is 0 Å². The summed E-state index contributed by atoms with van der Waals surface area (Å²) in [5.74, 6) is 0. The summed E-state index contributed by atoms with van der Waals surface area (Å²) < 4.78 is 0. The number of hydrogen-bond acceptors (Lipinski definition) is 3. The lowest BCUT2D eigenvalue weighted by Crippen LogP contribution is -2.32. The lowest BCUT2D eigenvalue weighted by Gasteiger charge is -2.44. The number of hydrogen-bond donors (Lipinski definition) is 0. The maximum atomic E-state index is 4.44. The topological polar surface area (TPSA) is 29.0 Å². The van der Waals surface area contributed by atoms with Gasteiger partial charge in [0.05, 0.1) is 6.04 Å². The Morgan fingerprint density at radius 3 is 1.62 bits per heavy atom. The Labute approximate surface area is 151 Å². The maximum absolute atomic E-state index is 4.44. The van der Waals surface area contributed by atoms with Gasteiger partial charge in [-0.25, -0.2) is 0 Å². The van der Waals surface area contributed by atoms with Crippen LogP contribution in [0.15, 0.2) is 85.5 Å². The number of rotatable bonds is 0. The molecule has 0 amide bonds. The molecule has 2 aromatic heterocycles. The van der Waals surface area contributed by atoms with E-state index in [1.54, 1.807) is 0 Å². The van der Waals surface area contributed by atoms with Gasteiger partial charge in [0, 0.05) is 58.4 Å². The zero-order chi connectivity index (χ0) is 17.1. The quantitative estimate of drug-likeness (QED) is 0.433. The summed E-state index contributed by atoms with van der Waals surface area (Å²) in [7, 11) is 0. The van der Waals surface area contributed by atoms with Gasteiger partial charge in [-0.05, 0) is 35.4 Å². The van der Waals surface area contributed by atoms with Crippen molar-refractivity contribution in [1.82, 2.24) is 9.97 Å². The minimum atomic E-state index is 0.0900. The number of benzene rings is 2. The molecule has 2 aromatic carbocycles. The third-order valence-electron chi connectivity index (χ3n) is 5.46. The highest BCUT2D eigenvalue weighted by Crippen LogP contribution is 2.56. The molecule has 0 spiro atoms. The van der Waals surface area contributed by atoms with Crippen molar-refractivity contribution in [3.8, 4) is 22.3 Å². The van der Waals surface area contributed by atoms with Crippen molar-refractivity contribution in [2.24, 2.45) is 0 Å². The molecule has 3 heteroatoms. The Balaban J connectivity index is 1.77. The van der Waals surface area contributed by atoms with Crippen LogP contribution in [0, 0.1) is 0 Å². The summed E-state index contributed by atoms with van der Waals surface area (Å²) >= 11 is 0. The number of aromatic nitrogens is 2. The van der Waals surface area contributed by atoms with Crippen molar-refractivity contribution >= 4 is 11.4 Å². The summed E-state index contributed by atoms with van der Waals surface area (Å²) in [6.45, 7) is 0. The first-order chi connectivity index (χ1) is 12.9. The highest BCUT2D eigenvalue weighted by molar-refractivity contribution is 5.96. The third-order valence-corrected chi connectivity index (χ3v) is 5.46. The molecule has 0 radical (unpaired) electrons. The molecule has 2 aliphatic rings. The predicted octanol–water partition coefficient (Wildman–Crippen LogP) is 5.37. The molecule has 0 atom stereocenters. The Hall–Kier alpha value is -3.46. The Morgan fingerprint density at radius 2 is 1.08 bits per heavy atom. The number of para-hydroxylation sites is 2. The molecule has 0 saturated heterocycles. The predicted molar refractivity (Wildman–Crippen MR) is 103 cm³/mol. The lowest BCUT2D eigenvalue weighted by molar-refractivity contribution is 0.792. The summed E-state index contributed by atoms with van der Waals surface area (Å²) in [5.41, 5.74) is 9.95. The molecule has 2 aliphatic heterocycles. The second-order valence-electron chi connectivity index (χ2n) is 6.73. The van der Waals surface area contributed by atoms with Gasteiger partial charge in [0.25, 0.3) is 0 Å². The summed E-state index contributed by atoms with van der Waals surface area (Å²) in [4.78, 5) is 11.3. The van der Waals surface area contributed by atoms with E-state index in [-0.39, 0.29) is 6.04 Å². The van der Waals surface area contributed by atoms with Gasteiger partial charge in [0.1, 0.15) is 0 Å². The standard InChI is InChI=1S/C23H15N3/c1-3-7-21-17(5-1)15-9-11-24-13-19(15)23-20-14-25-12-10-16(20)18-6-2-4-8-22(18)26(21)23/h1-14,23H. The summed E-state index contributed by atoms with van der Waals surface area (Å²) in [6.07, 6.45) is 7.78. The van der Waals surface area contributed by atoms with Crippen LogP contribution in [-0.2, 0) is 0 Å². The zero-order valence-corrected chi connectivity index (χ0v) is 14.0. The van der Waals surface area contributed by atoms with Crippen LogP contribution in [0.25, 0.3) is 22.3 Å². The smallest absolute Gasteiger partial charge is 0.0887 e. The van der Waals surface area contributed by atoms with Crippen LogP contribution in [0.1, 0.15) is 17.2 Å². The number of pyridine rings is 2. The van der Waals surface area contributed by atoms with Crippen molar-refractivity contribution in [3.05, 3.63) is 96.6 Å². The molecular weight excluding hydrogens is 318 g/mol. The molecular formula is C23H15N3. The number of fused-ring (bicyclic) bond motifs is 11. The monoisotopic (exact) mass is 333 g/mol. The van der Waals surface area contributed by atoms with Crippen LogP contribution in [0.2, 0.25) is 0 Å². The van der Waals surface area contributed by atoms with E-state index in [1.165, 1.54) is 44.8 Å². The van der Waals surface area contributed by atoms with E-state index in [9.17, 15) is 0 Å². The van der Waals surface area contributed by atoms with E-state index in [4.69, 9.17) is 0 Å². The molecule has 122 valence electrons. The molecule has 0 unspecified atom stereocenters. The van der Waals surface area contributed by atoms with Gasteiger partial charge in [0.15, 0.2) is 0 Å². The van der Waals surface area contributed by atoms with Crippen LogP contribution in [0.3, 0.4) is 0 Å². The Bertz CT molecular complexity index is 981. The fourth-order valence-corrected chi connectivity index (χ4v) is 4.42. The van der Waals surface area contributed by atoms with Crippen molar-refractivity contribution in [1.29, 1.82) is 0 Å². The van der Waals surface area contributed by atoms with Crippen molar-refractivity contribution in [2.45, 2.75) is 6.04 Å². The minimum absolute atomic E-state index is 0.0900. The average Bonchev–Trinajstić information content (AvgIpc) is 2.73. The van der Waals surface area contributed by atoms with Crippen LogP contribution in [0.4, 0.5) is 11.4 Å². The van der Waals surface area contributed by atoms with Gasteiger partial charge >= 0.3 is 0 Å². The van der Waals surface area contributed by atoms with Crippen LogP contribution in [-0.4, -0.2) is 9.97 Å². The fraction of sp³-hybridized carbons (Fsp3) is 0.0435. The average molecular weight is 333 g/mol. The molecule has 0 aliphatic carbocycles. The highest BCUT2D eigenvalue weighted by Gasteiger charge is 2.38. The first-order valence-electron chi connectivity index (χ1n) is 8.79. The van der Waals surface area contributed by atoms with E-state index in [1.807, 2.05) is 24.8 Å². The van der Waals surface area contributed by atoms with Gasteiger partial charge in [-0.2, -0.15) is 0 Å². The summed E-state index contributed by atoms with van der Waals surface area (Å²) in [6, 6.07) is 21.6. The van der Waals surface area contributed by atoms with E-state index < -0.39 is 0 Å². The molecule has 3 nitrogen and oxygen atoms in total. The third kappa shape index (κ3) is 1.67. The molecule has 0 saturated carbocycles. The molecule has 4 heterocycles. The number of nitrogens with zero attached hydrogens (tertiary/aromatic N) is 3. The van der Waals surface area contributed by atoms with Gasteiger partial charge in [-0.15, -0.1) is 0 Å². The molecule has 4 aromatic rings. The highest BCUT2D eigenvalue weighted by atomic mass is 15.2. The second-order valence-corrected chi connectivity index (χ2v) is 6.73. The van der Waals surface area contributed by atoms with E-state index >= 15 is 0 Å². The van der Waals surface area contributed by atoms with Crippen molar-refractivity contribution < 1.29 is 0 Å². The molecule has 0 bridgehead atoms. The molecule has 0 N–H and O–H groups in total. The van der Waals surface area contributed by atoms with Crippen LogP contribution >= 0.6 is 0 Å². The fourth-order valence-electron chi connectivity index (χ4n) is 4.42. The SMILES string of the molecule is c1ccc2c(c1)-c1ccncc1C1c3cnccc3-c3ccccc3N21. The van der Waals surface area contributed by atoms with Gasteiger partial charge < -0.3 is 4.90 Å². The first kappa shape index (κ1) is 13.8. The lowest BCUT2D eigenvalue weighted by atomic mass is 9.80. The van der Waals surface area contributed by atoms with Crippen molar-refractivity contribution in [3.63, 3.8) is 0 Å². The molecule has 6 rings (SSSR count). The largest absolute Gasteiger partial charge is 0.328 e. The van der Waals surface area contributed by atoms with E-state index in [2.05, 4.69) is 75.5 Å². The normalized spacial score (nSPS) is 13.9. The molecule has 26 heavy (non-hydrogen) atoms.